The van der Waals surface area contributed by atoms with Gasteiger partial charge in [0.2, 0.25) is 0 Å². The normalized spacial score (nSPS) is 17.2. The summed E-state index contributed by atoms with van der Waals surface area (Å²) in [6, 6.07) is 3.36. The quantitative estimate of drug-likeness (QED) is 0.768. The molecule has 1 saturated carbocycles. The van der Waals surface area contributed by atoms with Crippen LogP contribution in [-0.2, 0) is 11.2 Å². The Morgan fingerprint density at radius 3 is 2.69 bits per heavy atom. The summed E-state index contributed by atoms with van der Waals surface area (Å²) in [4.78, 5) is 11.8. The maximum atomic E-state index is 13.3. The fourth-order valence-corrected chi connectivity index (χ4v) is 1.87. The van der Waals surface area contributed by atoms with Crippen molar-refractivity contribution in [3.05, 3.63) is 35.4 Å². The van der Waals surface area contributed by atoms with Crippen molar-refractivity contribution in [3.63, 3.8) is 0 Å². The zero-order valence-corrected chi connectivity index (χ0v) is 9.17. The fraction of sp³-hybridized carbons (Fsp3) is 0.462. The van der Waals surface area contributed by atoms with Crippen molar-refractivity contribution in [2.24, 2.45) is 11.8 Å². The van der Waals surface area contributed by atoms with Gasteiger partial charge in [0.25, 0.3) is 0 Å². The molecule has 1 aromatic rings. The third-order valence-corrected chi connectivity index (χ3v) is 3.22. The summed E-state index contributed by atoms with van der Waals surface area (Å²) in [5.41, 5.74) is 0.291. The van der Waals surface area contributed by atoms with Gasteiger partial charge in [0.1, 0.15) is 17.4 Å². The average Bonchev–Trinajstić information content (AvgIpc) is 3.04. The minimum atomic E-state index is -0.628. The highest BCUT2D eigenvalue weighted by Gasteiger charge is 2.32. The van der Waals surface area contributed by atoms with Crippen molar-refractivity contribution in [1.29, 1.82) is 0 Å². The maximum Gasteiger partial charge on any atom is 0.140 e. The van der Waals surface area contributed by atoms with Gasteiger partial charge in [-0.25, -0.2) is 8.78 Å². The van der Waals surface area contributed by atoms with Crippen LogP contribution in [0.3, 0.4) is 0 Å². The first-order chi connectivity index (χ1) is 7.58. The Balaban J connectivity index is 2.05. The number of benzene rings is 1. The van der Waals surface area contributed by atoms with Crippen LogP contribution in [0, 0.1) is 23.5 Å². The summed E-state index contributed by atoms with van der Waals surface area (Å²) in [6.45, 7) is 1.89. The van der Waals surface area contributed by atoms with E-state index in [0.29, 0.717) is 11.5 Å². The monoisotopic (exact) mass is 224 g/mol. The first-order valence-electron chi connectivity index (χ1n) is 5.54. The van der Waals surface area contributed by atoms with Crippen LogP contribution in [0.15, 0.2) is 18.2 Å². The summed E-state index contributed by atoms with van der Waals surface area (Å²) in [5, 5.41) is 0. The number of carbonyl (C=O) groups excluding carboxylic acids is 1. The minimum Gasteiger partial charge on any atom is -0.299 e. The first kappa shape index (κ1) is 11.2. The number of halogens is 2. The molecule has 0 radical (unpaired) electrons. The molecule has 3 heteroatoms. The molecule has 0 heterocycles. The number of hydrogen-bond donors (Lipinski definition) is 0. The lowest BCUT2D eigenvalue weighted by Crippen LogP contribution is -2.16. The van der Waals surface area contributed by atoms with E-state index in [1.165, 1.54) is 12.1 Å². The Labute approximate surface area is 93.5 Å². The summed E-state index contributed by atoms with van der Waals surface area (Å²) >= 11 is 0. The van der Waals surface area contributed by atoms with Gasteiger partial charge in [0, 0.05) is 18.4 Å². The lowest BCUT2D eigenvalue weighted by atomic mass is 9.95. The summed E-state index contributed by atoms with van der Waals surface area (Å²) in [5.74, 6) is -0.700. The van der Waals surface area contributed by atoms with Crippen molar-refractivity contribution in [2.45, 2.75) is 26.2 Å². The molecule has 2 rings (SSSR count). The van der Waals surface area contributed by atoms with E-state index >= 15 is 0 Å². The van der Waals surface area contributed by atoms with Gasteiger partial charge in [0.15, 0.2) is 0 Å². The standard InChI is InChI=1S/C13H14F2O/c1-8(9-2-3-9)13(16)6-10-4-5-11(14)7-12(10)15/h4-5,7-9H,2-3,6H2,1H3. The molecule has 0 spiro atoms. The largest absolute Gasteiger partial charge is 0.299 e. The Kier molecular flexibility index (Phi) is 3.03. The number of ketones is 1. The molecule has 0 N–H and O–H groups in total. The van der Waals surface area contributed by atoms with Gasteiger partial charge in [-0.2, -0.15) is 0 Å². The Bertz CT molecular complexity index is 410. The zero-order valence-electron chi connectivity index (χ0n) is 9.17. The van der Waals surface area contributed by atoms with Gasteiger partial charge in [-0.05, 0) is 30.4 Å². The van der Waals surface area contributed by atoms with E-state index in [9.17, 15) is 13.6 Å². The first-order valence-corrected chi connectivity index (χ1v) is 5.54. The molecule has 0 aromatic heterocycles. The lowest BCUT2D eigenvalue weighted by molar-refractivity contribution is -0.122. The highest BCUT2D eigenvalue weighted by molar-refractivity contribution is 5.83. The van der Waals surface area contributed by atoms with Crippen LogP contribution in [0.1, 0.15) is 25.3 Å². The molecule has 1 aliphatic rings. The summed E-state index contributed by atoms with van der Waals surface area (Å²) < 4.78 is 26.0. The van der Waals surface area contributed by atoms with Crippen molar-refractivity contribution in [2.75, 3.05) is 0 Å². The molecular formula is C13H14F2O. The molecule has 0 amide bonds. The molecule has 1 fully saturated rings. The molecular weight excluding hydrogens is 210 g/mol. The van der Waals surface area contributed by atoms with Gasteiger partial charge in [-0.1, -0.05) is 13.0 Å². The minimum absolute atomic E-state index is 0.00412. The summed E-state index contributed by atoms with van der Waals surface area (Å²) in [7, 11) is 0. The third-order valence-electron chi connectivity index (χ3n) is 3.22. The van der Waals surface area contributed by atoms with E-state index in [4.69, 9.17) is 0 Å². The molecule has 1 nitrogen and oxygen atoms in total. The van der Waals surface area contributed by atoms with E-state index in [0.717, 1.165) is 18.9 Å². The Morgan fingerprint density at radius 2 is 2.12 bits per heavy atom. The molecule has 1 unspecified atom stereocenters. The number of hydrogen-bond acceptors (Lipinski definition) is 1. The highest BCUT2D eigenvalue weighted by Crippen LogP contribution is 2.37. The Hall–Kier alpha value is -1.25. The number of rotatable bonds is 4. The molecule has 1 aromatic carbocycles. The molecule has 16 heavy (non-hydrogen) atoms. The van der Waals surface area contributed by atoms with Crippen LogP contribution in [0.2, 0.25) is 0 Å². The fourth-order valence-electron chi connectivity index (χ4n) is 1.87. The number of Topliss-reactive ketones (excluding diaryl/α,β-unsaturated/α-hetero) is 1. The van der Waals surface area contributed by atoms with Crippen LogP contribution in [0.25, 0.3) is 0 Å². The second kappa shape index (κ2) is 4.32. The number of carbonyl (C=O) groups is 1. The van der Waals surface area contributed by atoms with E-state index in [-0.39, 0.29) is 18.1 Å². The molecule has 1 aliphatic carbocycles. The highest BCUT2D eigenvalue weighted by atomic mass is 19.1. The van der Waals surface area contributed by atoms with E-state index in [1.807, 2.05) is 6.92 Å². The molecule has 1 atom stereocenters. The van der Waals surface area contributed by atoms with Gasteiger partial charge in [-0.15, -0.1) is 0 Å². The van der Waals surface area contributed by atoms with Crippen molar-refractivity contribution in [3.8, 4) is 0 Å². The van der Waals surface area contributed by atoms with Crippen LogP contribution >= 0.6 is 0 Å². The smallest absolute Gasteiger partial charge is 0.140 e. The lowest BCUT2D eigenvalue weighted by Gasteiger charge is -2.09. The second-order valence-corrected chi connectivity index (χ2v) is 4.50. The summed E-state index contributed by atoms with van der Waals surface area (Å²) in [6.07, 6.45) is 2.27. The second-order valence-electron chi connectivity index (χ2n) is 4.50. The van der Waals surface area contributed by atoms with Crippen molar-refractivity contribution in [1.82, 2.24) is 0 Å². The van der Waals surface area contributed by atoms with Crippen LogP contribution < -0.4 is 0 Å². The topological polar surface area (TPSA) is 17.1 Å². The third kappa shape index (κ3) is 2.46. The maximum absolute atomic E-state index is 13.3. The van der Waals surface area contributed by atoms with Gasteiger partial charge in [-0.3, -0.25) is 4.79 Å². The SMILES string of the molecule is CC(C(=O)Cc1ccc(F)cc1F)C1CC1. The van der Waals surface area contributed by atoms with E-state index in [2.05, 4.69) is 0 Å². The van der Waals surface area contributed by atoms with E-state index in [1.54, 1.807) is 0 Å². The van der Waals surface area contributed by atoms with Crippen LogP contribution in [0.4, 0.5) is 8.78 Å². The van der Waals surface area contributed by atoms with Gasteiger partial charge < -0.3 is 0 Å². The van der Waals surface area contributed by atoms with Crippen LogP contribution in [-0.4, -0.2) is 5.78 Å². The van der Waals surface area contributed by atoms with Gasteiger partial charge >= 0.3 is 0 Å². The van der Waals surface area contributed by atoms with Gasteiger partial charge in [0.05, 0.1) is 0 Å². The molecule has 86 valence electrons. The molecule has 0 aliphatic heterocycles. The zero-order chi connectivity index (χ0) is 11.7. The van der Waals surface area contributed by atoms with Crippen LogP contribution in [0.5, 0.6) is 0 Å². The van der Waals surface area contributed by atoms with E-state index < -0.39 is 11.6 Å². The average molecular weight is 224 g/mol. The molecule has 0 bridgehead atoms. The van der Waals surface area contributed by atoms with Crippen molar-refractivity contribution < 1.29 is 13.6 Å². The predicted molar refractivity (Wildman–Crippen MR) is 57.0 cm³/mol. The predicted octanol–water partition coefficient (Wildman–Crippen LogP) is 3.12. The Morgan fingerprint density at radius 1 is 1.44 bits per heavy atom. The molecule has 0 saturated heterocycles. The van der Waals surface area contributed by atoms with Crippen molar-refractivity contribution >= 4 is 5.78 Å².